The Morgan fingerprint density at radius 2 is 2.04 bits per heavy atom. The van der Waals surface area contributed by atoms with Gasteiger partial charge < -0.3 is 10.1 Å². The van der Waals surface area contributed by atoms with E-state index in [9.17, 15) is 9.18 Å². The third kappa shape index (κ3) is 4.23. The number of nitriles is 1. The molecule has 128 valence electrons. The molecule has 0 bridgehead atoms. The number of hydrogen-bond acceptors (Lipinski definition) is 4. The molecular formula is C19H11BrFN3O2. The maximum absolute atomic E-state index is 13.3. The van der Waals surface area contributed by atoms with Gasteiger partial charge in [0.1, 0.15) is 17.6 Å². The van der Waals surface area contributed by atoms with Gasteiger partial charge in [0.2, 0.25) is 5.88 Å². The Balaban J connectivity index is 1.70. The third-order valence-corrected chi connectivity index (χ3v) is 3.85. The van der Waals surface area contributed by atoms with Crippen LogP contribution in [-0.2, 0) is 0 Å². The zero-order chi connectivity index (χ0) is 18.5. The molecule has 0 aliphatic heterocycles. The van der Waals surface area contributed by atoms with Crippen LogP contribution in [0.1, 0.15) is 15.9 Å². The molecular weight excluding hydrogens is 401 g/mol. The molecule has 0 aliphatic carbocycles. The molecule has 0 radical (unpaired) electrons. The number of anilines is 1. The van der Waals surface area contributed by atoms with Gasteiger partial charge in [-0.25, -0.2) is 9.37 Å². The number of carbonyl (C=O) groups excluding carboxylic acids is 1. The Bertz CT molecular complexity index is 1000. The number of aromatic nitrogens is 1. The summed E-state index contributed by atoms with van der Waals surface area (Å²) in [6.07, 6.45) is 1.37. The molecule has 0 spiro atoms. The Labute approximate surface area is 157 Å². The number of carbonyl (C=O) groups is 1. The molecule has 5 nitrogen and oxygen atoms in total. The summed E-state index contributed by atoms with van der Waals surface area (Å²) in [5, 5.41) is 11.4. The van der Waals surface area contributed by atoms with Crippen LogP contribution in [0.25, 0.3) is 0 Å². The number of pyridine rings is 1. The van der Waals surface area contributed by atoms with Gasteiger partial charge in [0, 0.05) is 22.4 Å². The second-order valence-electron chi connectivity index (χ2n) is 5.21. The molecule has 2 aromatic carbocycles. The highest BCUT2D eigenvalue weighted by Gasteiger charge is 2.10. The molecule has 3 aromatic rings. The van der Waals surface area contributed by atoms with Gasteiger partial charge in [0.15, 0.2) is 0 Å². The highest BCUT2D eigenvalue weighted by molar-refractivity contribution is 9.10. The number of benzene rings is 2. The van der Waals surface area contributed by atoms with Gasteiger partial charge in [0.05, 0.1) is 11.1 Å². The number of rotatable bonds is 4. The summed E-state index contributed by atoms with van der Waals surface area (Å²) in [6.45, 7) is 0. The van der Waals surface area contributed by atoms with E-state index in [0.29, 0.717) is 22.9 Å². The van der Waals surface area contributed by atoms with E-state index in [-0.39, 0.29) is 5.56 Å². The first-order valence-corrected chi connectivity index (χ1v) is 8.25. The van der Waals surface area contributed by atoms with E-state index in [1.165, 1.54) is 18.3 Å². The monoisotopic (exact) mass is 411 g/mol. The van der Waals surface area contributed by atoms with Crippen molar-refractivity contribution in [2.24, 2.45) is 0 Å². The van der Waals surface area contributed by atoms with Crippen molar-refractivity contribution in [3.05, 3.63) is 82.2 Å². The number of halogens is 2. The Morgan fingerprint density at radius 1 is 1.19 bits per heavy atom. The number of ether oxygens (including phenoxy) is 1. The molecule has 3 rings (SSSR count). The van der Waals surface area contributed by atoms with E-state index in [2.05, 4.69) is 26.2 Å². The van der Waals surface area contributed by atoms with Crippen LogP contribution in [0.4, 0.5) is 10.1 Å². The van der Waals surface area contributed by atoms with Crippen LogP contribution in [0, 0.1) is 17.1 Å². The zero-order valence-electron chi connectivity index (χ0n) is 13.2. The third-order valence-electron chi connectivity index (χ3n) is 3.36. The van der Waals surface area contributed by atoms with Crippen LogP contribution >= 0.6 is 15.9 Å². The molecule has 7 heteroatoms. The van der Waals surface area contributed by atoms with E-state index < -0.39 is 11.7 Å². The molecule has 1 aromatic heterocycles. The van der Waals surface area contributed by atoms with E-state index in [1.54, 1.807) is 30.3 Å². The van der Waals surface area contributed by atoms with Crippen molar-refractivity contribution in [3.8, 4) is 17.7 Å². The standard InChI is InChI=1S/C19H11BrFN3O2/c20-14-2-1-3-16(9-14)26-18-7-4-12(11-23-18)19(25)24-15-5-6-17(21)13(8-15)10-22/h1-9,11H,(H,24,25). The quantitative estimate of drug-likeness (QED) is 0.662. The number of hydrogen-bond donors (Lipinski definition) is 1. The van der Waals surface area contributed by atoms with Crippen molar-refractivity contribution >= 4 is 27.5 Å². The molecule has 1 amide bonds. The predicted molar refractivity (Wildman–Crippen MR) is 97.5 cm³/mol. The summed E-state index contributed by atoms with van der Waals surface area (Å²) in [7, 11) is 0. The van der Waals surface area contributed by atoms with Gasteiger partial charge in [-0.2, -0.15) is 5.26 Å². The van der Waals surface area contributed by atoms with Gasteiger partial charge in [-0.05, 0) is 42.5 Å². The lowest BCUT2D eigenvalue weighted by molar-refractivity contribution is 0.102. The number of nitrogens with one attached hydrogen (secondary N) is 1. The molecule has 26 heavy (non-hydrogen) atoms. The summed E-state index contributed by atoms with van der Waals surface area (Å²) in [5.41, 5.74) is 0.482. The average molecular weight is 412 g/mol. The SMILES string of the molecule is N#Cc1cc(NC(=O)c2ccc(Oc3cccc(Br)c3)nc2)ccc1F. The van der Waals surface area contributed by atoms with E-state index >= 15 is 0 Å². The minimum Gasteiger partial charge on any atom is -0.439 e. The molecule has 0 fully saturated rings. The van der Waals surface area contributed by atoms with Crippen molar-refractivity contribution in [3.63, 3.8) is 0 Å². The first-order chi connectivity index (χ1) is 12.5. The van der Waals surface area contributed by atoms with Crippen LogP contribution in [0.15, 0.2) is 65.3 Å². The van der Waals surface area contributed by atoms with Crippen molar-refractivity contribution in [1.29, 1.82) is 5.26 Å². The van der Waals surface area contributed by atoms with Gasteiger partial charge in [-0.3, -0.25) is 4.79 Å². The van der Waals surface area contributed by atoms with Crippen molar-refractivity contribution < 1.29 is 13.9 Å². The second-order valence-corrected chi connectivity index (χ2v) is 6.12. The van der Waals surface area contributed by atoms with Crippen molar-refractivity contribution in [1.82, 2.24) is 4.98 Å². The minimum absolute atomic E-state index is 0.140. The maximum atomic E-state index is 13.3. The largest absolute Gasteiger partial charge is 0.439 e. The topological polar surface area (TPSA) is 75.0 Å². The van der Waals surface area contributed by atoms with Crippen LogP contribution in [0.2, 0.25) is 0 Å². The van der Waals surface area contributed by atoms with E-state index in [0.717, 1.165) is 10.5 Å². The summed E-state index contributed by atoms with van der Waals surface area (Å²) in [5.74, 6) is -0.115. The summed E-state index contributed by atoms with van der Waals surface area (Å²) in [4.78, 5) is 16.3. The van der Waals surface area contributed by atoms with Crippen LogP contribution in [0.3, 0.4) is 0 Å². The molecule has 1 N–H and O–H groups in total. The highest BCUT2D eigenvalue weighted by Crippen LogP contribution is 2.23. The van der Waals surface area contributed by atoms with Gasteiger partial charge >= 0.3 is 0 Å². The smallest absolute Gasteiger partial charge is 0.257 e. The lowest BCUT2D eigenvalue weighted by atomic mass is 10.2. The fourth-order valence-electron chi connectivity index (χ4n) is 2.12. The lowest BCUT2D eigenvalue weighted by Crippen LogP contribution is -2.12. The minimum atomic E-state index is -0.638. The lowest BCUT2D eigenvalue weighted by Gasteiger charge is -2.07. The van der Waals surface area contributed by atoms with Gasteiger partial charge in [-0.15, -0.1) is 0 Å². The molecule has 0 unspecified atom stereocenters. The molecule has 0 saturated carbocycles. The Morgan fingerprint density at radius 3 is 2.73 bits per heavy atom. The normalized spacial score (nSPS) is 10.0. The van der Waals surface area contributed by atoms with Crippen LogP contribution in [0.5, 0.6) is 11.6 Å². The maximum Gasteiger partial charge on any atom is 0.257 e. The second kappa shape index (κ2) is 7.76. The van der Waals surface area contributed by atoms with Gasteiger partial charge in [-0.1, -0.05) is 22.0 Å². The fraction of sp³-hybridized carbons (Fsp3) is 0. The summed E-state index contributed by atoms with van der Waals surface area (Å²) in [6, 6.07) is 15.9. The van der Waals surface area contributed by atoms with E-state index in [4.69, 9.17) is 10.00 Å². The summed E-state index contributed by atoms with van der Waals surface area (Å²) < 4.78 is 19.8. The number of amides is 1. The highest BCUT2D eigenvalue weighted by atomic mass is 79.9. The van der Waals surface area contributed by atoms with Crippen LogP contribution < -0.4 is 10.1 Å². The number of nitrogens with zero attached hydrogens (tertiary/aromatic N) is 2. The van der Waals surface area contributed by atoms with Crippen molar-refractivity contribution in [2.75, 3.05) is 5.32 Å². The van der Waals surface area contributed by atoms with Gasteiger partial charge in [0.25, 0.3) is 5.91 Å². The molecule has 0 atom stereocenters. The Kier molecular flexibility index (Phi) is 5.25. The average Bonchev–Trinajstić information content (AvgIpc) is 2.64. The zero-order valence-corrected chi connectivity index (χ0v) is 14.8. The van der Waals surface area contributed by atoms with Crippen molar-refractivity contribution in [2.45, 2.75) is 0 Å². The van der Waals surface area contributed by atoms with E-state index in [1.807, 2.05) is 12.1 Å². The molecule has 0 aliphatic rings. The molecule has 0 saturated heterocycles. The fourth-order valence-corrected chi connectivity index (χ4v) is 2.50. The first kappa shape index (κ1) is 17.6. The van der Waals surface area contributed by atoms with Crippen LogP contribution in [-0.4, -0.2) is 10.9 Å². The molecule has 1 heterocycles. The summed E-state index contributed by atoms with van der Waals surface area (Å²) >= 11 is 3.36. The Hall–Kier alpha value is -3.24. The predicted octanol–water partition coefficient (Wildman–Crippen LogP) is 4.90. The first-order valence-electron chi connectivity index (χ1n) is 7.45.